The summed E-state index contributed by atoms with van der Waals surface area (Å²) in [5, 5.41) is 3.99. The number of nitrogens with two attached hydrogens (primary N) is 1. The molecule has 1 aromatic heterocycles. The van der Waals surface area contributed by atoms with Gasteiger partial charge < -0.3 is 5.73 Å². The molecule has 0 bridgehead atoms. The first-order chi connectivity index (χ1) is 9.01. The van der Waals surface area contributed by atoms with Crippen LogP contribution in [0.1, 0.15) is 32.6 Å². The van der Waals surface area contributed by atoms with Gasteiger partial charge in [-0.3, -0.25) is 4.68 Å². The van der Waals surface area contributed by atoms with Gasteiger partial charge >= 0.3 is 0 Å². The molecule has 0 saturated heterocycles. The van der Waals surface area contributed by atoms with Gasteiger partial charge in [-0.25, -0.2) is 13.1 Å². The van der Waals surface area contributed by atoms with Gasteiger partial charge in [-0.05, 0) is 31.6 Å². The van der Waals surface area contributed by atoms with Crippen LogP contribution in [0.25, 0.3) is 0 Å². The molecule has 0 amide bonds. The van der Waals surface area contributed by atoms with E-state index in [1.807, 2.05) is 0 Å². The Hall–Kier alpha value is -0.920. The highest BCUT2D eigenvalue weighted by atomic mass is 32.2. The predicted molar refractivity (Wildman–Crippen MR) is 73.0 cm³/mol. The number of nitrogens with one attached hydrogen (secondary N) is 1. The SMILES string of the molecule is CC1CCC(NS(=O)(=O)c2cnn(CCN)c2)CC1. The fourth-order valence-corrected chi connectivity index (χ4v) is 3.66. The largest absolute Gasteiger partial charge is 0.329 e. The summed E-state index contributed by atoms with van der Waals surface area (Å²) in [6, 6.07) is 0.0547. The molecule has 0 aliphatic heterocycles. The van der Waals surface area contributed by atoms with Crippen LogP contribution >= 0.6 is 0 Å². The Kier molecular flexibility index (Phi) is 4.59. The summed E-state index contributed by atoms with van der Waals surface area (Å²) in [7, 11) is -3.45. The van der Waals surface area contributed by atoms with E-state index in [1.54, 1.807) is 4.68 Å². The van der Waals surface area contributed by atoms with Gasteiger partial charge in [0, 0.05) is 18.8 Å². The summed E-state index contributed by atoms with van der Waals surface area (Å²) < 4.78 is 28.7. The first-order valence-electron chi connectivity index (χ1n) is 6.76. The minimum atomic E-state index is -3.45. The van der Waals surface area contributed by atoms with Crippen molar-refractivity contribution in [3.63, 3.8) is 0 Å². The zero-order chi connectivity index (χ0) is 13.9. The molecule has 1 aromatic rings. The van der Waals surface area contributed by atoms with Gasteiger partial charge in [-0.1, -0.05) is 6.92 Å². The summed E-state index contributed by atoms with van der Waals surface area (Å²) in [5.74, 6) is 0.702. The zero-order valence-electron chi connectivity index (χ0n) is 11.2. The van der Waals surface area contributed by atoms with Crippen LogP contribution in [0.15, 0.2) is 17.3 Å². The molecule has 0 unspecified atom stereocenters. The van der Waals surface area contributed by atoms with Crippen LogP contribution in [0.4, 0.5) is 0 Å². The summed E-state index contributed by atoms with van der Waals surface area (Å²) in [5.41, 5.74) is 5.42. The lowest BCUT2D eigenvalue weighted by molar-refractivity contribution is 0.332. The molecular formula is C12H22N4O2S. The maximum Gasteiger partial charge on any atom is 0.243 e. The van der Waals surface area contributed by atoms with Crippen LogP contribution in [-0.2, 0) is 16.6 Å². The molecule has 108 valence electrons. The van der Waals surface area contributed by atoms with Crippen LogP contribution in [0, 0.1) is 5.92 Å². The van der Waals surface area contributed by atoms with Gasteiger partial charge in [0.05, 0.1) is 12.7 Å². The molecular weight excluding hydrogens is 264 g/mol. The maximum absolute atomic E-state index is 12.2. The second-order valence-electron chi connectivity index (χ2n) is 5.31. The monoisotopic (exact) mass is 286 g/mol. The molecule has 0 atom stereocenters. The van der Waals surface area contributed by atoms with Gasteiger partial charge in [-0.2, -0.15) is 5.10 Å². The maximum atomic E-state index is 12.2. The molecule has 2 rings (SSSR count). The summed E-state index contributed by atoms with van der Waals surface area (Å²) >= 11 is 0. The van der Waals surface area contributed by atoms with E-state index in [9.17, 15) is 8.42 Å². The molecule has 1 saturated carbocycles. The lowest BCUT2D eigenvalue weighted by Gasteiger charge is -2.26. The third-order valence-corrected chi connectivity index (χ3v) is 5.09. The summed E-state index contributed by atoms with van der Waals surface area (Å²) in [6.45, 7) is 3.17. The quantitative estimate of drug-likeness (QED) is 0.833. The Morgan fingerprint density at radius 2 is 2.11 bits per heavy atom. The highest BCUT2D eigenvalue weighted by molar-refractivity contribution is 7.89. The summed E-state index contributed by atoms with van der Waals surface area (Å²) in [4.78, 5) is 0.222. The standard InChI is InChI=1S/C12H22N4O2S/c1-10-2-4-11(5-3-10)15-19(17,18)12-8-14-16(9-12)7-6-13/h8-11,15H,2-7,13H2,1H3. The van der Waals surface area contributed by atoms with Crippen LogP contribution < -0.4 is 10.5 Å². The normalized spacial score (nSPS) is 24.5. The lowest BCUT2D eigenvalue weighted by Crippen LogP contribution is -2.37. The van der Waals surface area contributed by atoms with Gasteiger partial charge in [0.1, 0.15) is 4.90 Å². The average molecular weight is 286 g/mol. The highest BCUT2D eigenvalue weighted by Crippen LogP contribution is 2.24. The van der Waals surface area contributed by atoms with Crippen molar-refractivity contribution < 1.29 is 8.42 Å². The Balaban J connectivity index is 2.01. The van der Waals surface area contributed by atoms with E-state index in [4.69, 9.17) is 5.73 Å². The molecule has 0 spiro atoms. The second-order valence-corrected chi connectivity index (χ2v) is 7.02. The first-order valence-corrected chi connectivity index (χ1v) is 8.24. The van der Waals surface area contributed by atoms with Crippen molar-refractivity contribution in [2.24, 2.45) is 11.7 Å². The van der Waals surface area contributed by atoms with Crippen molar-refractivity contribution in [2.45, 2.75) is 50.1 Å². The Morgan fingerprint density at radius 1 is 1.42 bits per heavy atom. The lowest BCUT2D eigenvalue weighted by atomic mass is 9.88. The topological polar surface area (TPSA) is 90.0 Å². The molecule has 1 aliphatic rings. The molecule has 0 radical (unpaired) electrons. The smallest absolute Gasteiger partial charge is 0.243 e. The molecule has 1 aliphatic carbocycles. The third-order valence-electron chi connectivity index (χ3n) is 3.62. The molecule has 19 heavy (non-hydrogen) atoms. The molecule has 1 heterocycles. The summed E-state index contributed by atoms with van der Waals surface area (Å²) in [6.07, 6.45) is 6.90. The number of hydrogen-bond donors (Lipinski definition) is 2. The van der Waals surface area contributed by atoms with E-state index in [0.29, 0.717) is 19.0 Å². The number of sulfonamides is 1. The minimum Gasteiger partial charge on any atom is -0.329 e. The average Bonchev–Trinajstić information content (AvgIpc) is 2.82. The van der Waals surface area contributed by atoms with E-state index in [2.05, 4.69) is 16.7 Å². The van der Waals surface area contributed by atoms with Crippen LogP contribution in [0.3, 0.4) is 0 Å². The van der Waals surface area contributed by atoms with Gasteiger partial charge in [0.25, 0.3) is 0 Å². The van der Waals surface area contributed by atoms with E-state index in [-0.39, 0.29) is 10.9 Å². The molecule has 3 N–H and O–H groups in total. The number of hydrogen-bond acceptors (Lipinski definition) is 4. The van der Waals surface area contributed by atoms with Crippen molar-refractivity contribution in [1.82, 2.24) is 14.5 Å². The van der Waals surface area contributed by atoms with E-state index < -0.39 is 10.0 Å². The van der Waals surface area contributed by atoms with Crippen molar-refractivity contribution in [1.29, 1.82) is 0 Å². The third kappa shape index (κ3) is 3.77. The molecule has 6 nitrogen and oxygen atoms in total. The first kappa shape index (κ1) is 14.5. The molecule has 0 aromatic carbocycles. The van der Waals surface area contributed by atoms with Gasteiger partial charge in [0.15, 0.2) is 0 Å². The fraction of sp³-hybridized carbons (Fsp3) is 0.750. The Bertz CT molecular complexity index is 504. The van der Waals surface area contributed by atoms with E-state index >= 15 is 0 Å². The number of rotatable bonds is 5. The molecule has 1 fully saturated rings. The van der Waals surface area contributed by atoms with Crippen molar-refractivity contribution in [2.75, 3.05) is 6.54 Å². The van der Waals surface area contributed by atoms with Crippen molar-refractivity contribution in [3.8, 4) is 0 Å². The van der Waals surface area contributed by atoms with Gasteiger partial charge in [0.2, 0.25) is 10.0 Å². The van der Waals surface area contributed by atoms with Crippen LogP contribution in [0.2, 0.25) is 0 Å². The fourth-order valence-electron chi connectivity index (χ4n) is 2.40. The number of nitrogens with zero attached hydrogens (tertiary/aromatic N) is 2. The predicted octanol–water partition coefficient (Wildman–Crippen LogP) is 0.699. The Labute approximate surface area is 114 Å². The van der Waals surface area contributed by atoms with Crippen molar-refractivity contribution in [3.05, 3.63) is 12.4 Å². The van der Waals surface area contributed by atoms with E-state index in [1.165, 1.54) is 12.4 Å². The second kappa shape index (κ2) is 6.02. The van der Waals surface area contributed by atoms with E-state index in [0.717, 1.165) is 25.7 Å². The zero-order valence-corrected chi connectivity index (χ0v) is 12.1. The van der Waals surface area contributed by atoms with Crippen LogP contribution in [-0.4, -0.2) is 30.8 Å². The van der Waals surface area contributed by atoms with Crippen LogP contribution in [0.5, 0.6) is 0 Å². The highest BCUT2D eigenvalue weighted by Gasteiger charge is 2.24. The molecule has 7 heteroatoms. The van der Waals surface area contributed by atoms with Gasteiger partial charge in [-0.15, -0.1) is 0 Å². The van der Waals surface area contributed by atoms with Crippen molar-refractivity contribution >= 4 is 10.0 Å². The minimum absolute atomic E-state index is 0.0547. The Morgan fingerprint density at radius 3 is 2.74 bits per heavy atom. The number of aromatic nitrogens is 2.